The van der Waals surface area contributed by atoms with E-state index < -0.39 is 18.1 Å². The number of benzene rings is 1. The largest absolute Gasteiger partial charge is 0.494 e. The molecular weight excluding hydrogens is 438 g/mol. The van der Waals surface area contributed by atoms with Gasteiger partial charge in [0, 0.05) is 29.7 Å². The highest BCUT2D eigenvalue weighted by molar-refractivity contribution is 8.00. The summed E-state index contributed by atoms with van der Waals surface area (Å²) in [6, 6.07) is 8.28. The van der Waals surface area contributed by atoms with E-state index >= 15 is 0 Å². The van der Waals surface area contributed by atoms with Crippen LogP contribution in [0.5, 0.6) is 5.75 Å². The van der Waals surface area contributed by atoms with E-state index in [1.165, 1.54) is 11.6 Å². The first kappa shape index (κ1) is 23.5. The second kappa shape index (κ2) is 11.4. The van der Waals surface area contributed by atoms with Crippen molar-refractivity contribution in [3.8, 4) is 5.75 Å². The van der Waals surface area contributed by atoms with Crippen LogP contribution in [0.4, 0.5) is 0 Å². The monoisotopic (exact) mass is 467 g/mol. The first-order valence-electron chi connectivity index (χ1n) is 11.3. The third kappa shape index (κ3) is 5.82. The molecule has 2 heterocycles. The Labute approximate surface area is 197 Å². The van der Waals surface area contributed by atoms with E-state index in [0.29, 0.717) is 23.1 Å². The van der Waals surface area contributed by atoms with Gasteiger partial charge in [0.2, 0.25) is 0 Å². The van der Waals surface area contributed by atoms with Crippen LogP contribution < -0.4 is 15.6 Å². The van der Waals surface area contributed by atoms with Crippen molar-refractivity contribution in [2.75, 3.05) is 38.6 Å². The Morgan fingerprint density at radius 2 is 2.12 bits per heavy atom. The molecule has 1 atom stereocenters. The number of rotatable bonds is 10. The lowest BCUT2D eigenvalue weighted by molar-refractivity contribution is 0.0820. The lowest BCUT2D eigenvalue weighted by Crippen LogP contribution is -2.28. The lowest BCUT2D eigenvalue weighted by atomic mass is 9.98. The van der Waals surface area contributed by atoms with Crippen LogP contribution in [0.25, 0.3) is 10.9 Å². The number of hydrogen-bond donors (Lipinski definition) is 2. The lowest BCUT2D eigenvalue weighted by Gasteiger charge is -2.17. The first-order valence-corrected chi connectivity index (χ1v) is 12.4. The van der Waals surface area contributed by atoms with Gasteiger partial charge in [-0.2, -0.15) is 0 Å². The SMILES string of the molecule is O=C(CO)n1c(=O)ccc2ccc(OCCCCNCCN=C3C=CCC4SCC=C34)cc21. The molecule has 0 fully saturated rings. The van der Waals surface area contributed by atoms with Gasteiger partial charge in [-0.3, -0.25) is 14.6 Å². The van der Waals surface area contributed by atoms with Gasteiger partial charge >= 0.3 is 0 Å². The van der Waals surface area contributed by atoms with Crippen molar-refractivity contribution >= 4 is 34.3 Å². The Morgan fingerprint density at radius 1 is 1.24 bits per heavy atom. The highest BCUT2D eigenvalue weighted by Crippen LogP contribution is 2.33. The minimum absolute atomic E-state index is 0.438. The third-order valence-corrected chi connectivity index (χ3v) is 6.92. The van der Waals surface area contributed by atoms with Crippen LogP contribution in [0.2, 0.25) is 0 Å². The second-order valence-corrected chi connectivity index (χ2v) is 9.21. The summed E-state index contributed by atoms with van der Waals surface area (Å²) in [6.45, 7) is 2.34. The Hall–Kier alpha value is -2.68. The summed E-state index contributed by atoms with van der Waals surface area (Å²) in [6.07, 6.45) is 9.66. The molecule has 2 aliphatic rings. The topological polar surface area (TPSA) is 92.9 Å². The van der Waals surface area contributed by atoms with Crippen LogP contribution in [-0.2, 0) is 0 Å². The number of carbonyl (C=O) groups excluding carboxylic acids is 1. The van der Waals surface area contributed by atoms with Crippen LogP contribution in [0.3, 0.4) is 0 Å². The number of ether oxygens (including phenoxy) is 1. The smallest absolute Gasteiger partial charge is 0.259 e. The molecule has 4 rings (SSSR count). The fourth-order valence-electron chi connectivity index (χ4n) is 4.04. The van der Waals surface area contributed by atoms with Crippen molar-refractivity contribution in [1.82, 2.24) is 9.88 Å². The van der Waals surface area contributed by atoms with Gasteiger partial charge in [-0.25, -0.2) is 4.57 Å². The van der Waals surface area contributed by atoms with Gasteiger partial charge < -0.3 is 15.2 Å². The molecule has 0 spiro atoms. The molecule has 174 valence electrons. The molecular formula is C25H29N3O4S. The number of nitrogens with zero attached hydrogens (tertiary/aromatic N) is 2. The van der Waals surface area contributed by atoms with Crippen LogP contribution in [0.1, 0.15) is 24.1 Å². The van der Waals surface area contributed by atoms with Crippen LogP contribution in [0, 0.1) is 0 Å². The van der Waals surface area contributed by atoms with Gasteiger partial charge in [-0.15, -0.1) is 11.8 Å². The molecule has 33 heavy (non-hydrogen) atoms. The van der Waals surface area contributed by atoms with E-state index in [1.54, 1.807) is 18.2 Å². The number of allylic oxidation sites excluding steroid dienone is 2. The summed E-state index contributed by atoms with van der Waals surface area (Å²) in [5.41, 5.74) is 2.53. The number of unbranched alkanes of at least 4 members (excludes halogenated alkanes) is 1. The summed E-state index contributed by atoms with van der Waals surface area (Å²) in [5.74, 6) is 1.03. The highest BCUT2D eigenvalue weighted by atomic mass is 32.2. The summed E-state index contributed by atoms with van der Waals surface area (Å²) >= 11 is 1.99. The summed E-state index contributed by atoms with van der Waals surface area (Å²) in [5, 5.41) is 13.9. The van der Waals surface area contributed by atoms with E-state index in [1.807, 2.05) is 17.8 Å². The maximum atomic E-state index is 12.1. The van der Waals surface area contributed by atoms with Crippen molar-refractivity contribution in [1.29, 1.82) is 0 Å². The first-order chi connectivity index (χ1) is 16.2. The molecule has 0 bridgehead atoms. The van der Waals surface area contributed by atoms with E-state index in [0.717, 1.165) is 60.3 Å². The average molecular weight is 468 g/mol. The molecule has 0 saturated carbocycles. The minimum Gasteiger partial charge on any atom is -0.494 e. The predicted octanol–water partition coefficient (Wildman–Crippen LogP) is 2.83. The normalized spacial score (nSPS) is 18.5. The van der Waals surface area contributed by atoms with Crippen molar-refractivity contribution in [3.05, 3.63) is 64.5 Å². The van der Waals surface area contributed by atoms with E-state index in [4.69, 9.17) is 14.8 Å². The van der Waals surface area contributed by atoms with Gasteiger partial charge in [-0.05, 0) is 61.0 Å². The molecule has 1 aromatic heterocycles. The average Bonchev–Trinajstić information content (AvgIpc) is 3.32. The molecule has 2 N–H and O–H groups in total. The van der Waals surface area contributed by atoms with Crippen LogP contribution >= 0.6 is 11.8 Å². The number of aliphatic imine (C=N–C) groups is 1. The van der Waals surface area contributed by atoms with Crippen molar-refractivity contribution in [3.63, 3.8) is 0 Å². The number of aromatic nitrogens is 1. The third-order valence-electron chi connectivity index (χ3n) is 5.71. The van der Waals surface area contributed by atoms with Gasteiger partial charge in [0.1, 0.15) is 12.4 Å². The maximum absolute atomic E-state index is 12.1. The molecule has 8 heteroatoms. The van der Waals surface area contributed by atoms with E-state index in [-0.39, 0.29) is 0 Å². The molecule has 7 nitrogen and oxygen atoms in total. The van der Waals surface area contributed by atoms with E-state index in [2.05, 4.69) is 23.5 Å². The Balaban J connectivity index is 1.18. The fraction of sp³-hybridized carbons (Fsp3) is 0.400. The summed E-state index contributed by atoms with van der Waals surface area (Å²) in [7, 11) is 0. The van der Waals surface area contributed by atoms with Crippen molar-refractivity contribution in [2.24, 2.45) is 4.99 Å². The molecule has 2 aromatic rings. The zero-order valence-electron chi connectivity index (χ0n) is 18.5. The Kier molecular flexibility index (Phi) is 8.15. The van der Waals surface area contributed by atoms with Gasteiger partial charge in [0.25, 0.3) is 11.5 Å². The van der Waals surface area contributed by atoms with Gasteiger partial charge in [0.15, 0.2) is 0 Å². The number of aliphatic hydroxyl groups excluding tert-OH is 1. The zero-order chi connectivity index (χ0) is 23.0. The van der Waals surface area contributed by atoms with Gasteiger partial charge in [0.05, 0.1) is 24.4 Å². The Bertz CT molecular complexity index is 1150. The predicted molar refractivity (Wildman–Crippen MR) is 134 cm³/mol. The van der Waals surface area contributed by atoms with Crippen LogP contribution in [-0.4, -0.2) is 65.1 Å². The van der Waals surface area contributed by atoms with Gasteiger partial charge in [-0.1, -0.05) is 12.2 Å². The number of nitrogens with one attached hydrogen (secondary N) is 1. The molecule has 1 unspecified atom stereocenters. The zero-order valence-corrected chi connectivity index (χ0v) is 19.4. The van der Waals surface area contributed by atoms with E-state index in [9.17, 15) is 9.59 Å². The standard InChI is InChI=1S/C25H29N3O4S/c29-17-25(31)28-22-16-19(8-6-18(22)7-9-24(28)30)32-14-2-1-11-26-12-13-27-21-4-3-5-23-20(21)10-15-33-23/h3-4,6-10,16,23,26,29H,1-2,5,11-15,17H2. The maximum Gasteiger partial charge on any atom is 0.259 e. The van der Waals surface area contributed by atoms with Crippen molar-refractivity contribution < 1.29 is 14.6 Å². The van der Waals surface area contributed by atoms with Crippen LogP contribution in [0.15, 0.2) is 63.9 Å². The Morgan fingerprint density at radius 3 is 3.00 bits per heavy atom. The minimum atomic E-state index is -0.724. The number of pyridine rings is 1. The summed E-state index contributed by atoms with van der Waals surface area (Å²) in [4.78, 5) is 28.8. The number of hydrogen-bond acceptors (Lipinski definition) is 7. The molecule has 0 radical (unpaired) electrons. The number of aliphatic hydroxyl groups is 1. The molecule has 1 aliphatic heterocycles. The molecule has 0 saturated heterocycles. The highest BCUT2D eigenvalue weighted by Gasteiger charge is 2.24. The number of thioether (sulfide) groups is 1. The fourth-order valence-corrected chi connectivity index (χ4v) is 5.19. The number of carbonyl (C=O) groups is 1. The second-order valence-electron chi connectivity index (χ2n) is 7.97. The van der Waals surface area contributed by atoms with Crippen molar-refractivity contribution in [2.45, 2.75) is 24.5 Å². The molecule has 0 amide bonds. The number of fused-ring (bicyclic) bond motifs is 2. The quantitative estimate of drug-likeness (QED) is 0.522. The molecule has 1 aliphatic carbocycles. The summed E-state index contributed by atoms with van der Waals surface area (Å²) < 4.78 is 6.80. The molecule has 1 aromatic carbocycles.